The first-order valence-electron chi connectivity index (χ1n) is 7.14. The van der Waals surface area contributed by atoms with Crippen molar-refractivity contribution < 1.29 is 0 Å². The molecule has 1 N–H and O–H groups in total. The minimum absolute atomic E-state index is 0.519. The normalized spacial score (nSPS) is 18.7. The van der Waals surface area contributed by atoms with E-state index >= 15 is 0 Å². The smallest absolute Gasteiger partial charge is 0.185 e. The number of nitrogens with one attached hydrogen (secondary N) is 1. The topological polar surface area (TPSA) is 31.4 Å². The third-order valence-corrected chi connectivity index (χ3v) is 5.04. The Morgan fingerprint density at radius 3 is 2.79 bits per heavy atom. The van der Waals surface area contributed by atoms with Crippen molar-refractivity contribution in [1.82, 2.24) is 15.2 Å². The van der Waals surface area contributed by atoms with Gasteiger partial charge in [-0.15, -0.1) is 0 Å². The van der Waals surface area contributed by atoms with Crippen LogP contribution in [0.4, 0.5) is 5.13 Å². The lowest BCUT2D eigenvalue weighted by atomic mass is 9.98. The zero-order valence-electron chi connectivity index (χ0n) is 12.6. The van der Waals surface area contributed by atoms with E-state index in [-0.39, 0.29) is 0 Å². The van der Waals surface area contributed by atoms with Crippen molar-refractivity contribution in [2.45, 2.75) is 31.7 Å². The fourth-order valence-electron chi connectivity index (χ4n) is 2.57. The number of aromatic nitrogens is 1. The molecular formula is C14H26N4S. The van der Waals surface area contributed by atoms with E-state index in [0.29, 0.717) is 6.04 Å². The molecule has 0 saturated carbocycles. The van der Waals surface area contributed by atoms with Crippen LogP contribution in [0, 0.1) is 0 Å². The van der Waals surface area contributed by atoms with Crippen molar-refractivity contribution in [2.75, 3.05) is 46.2 Å². The summed E-state index contributed by atoms with van der Waals surface area (Å²) >= 11 is 1.87. The fraction of sp³-hybridized carbons (Fsp3) is 0.786. The highest BCUT2D eigenvalue weighted by Gasteiger charge is 2.24. The molecule has 1 atom stereocenters. The summed E-state index contributed by atoms with van der Waals surface area (Å²) in [6.07, 6.45) is 4.83. The second-order valence-electron chi connectivity index (χ2n) is 5.62. The Hall–Kier alpha value is -0.650. The Kier molecular flexibility index (Phi) is 5.19. The lowest BCUT2D eigenvalue weighted by Crippen LogP contribution is -2.23. The molecule has 2 rings (SSSR count). The Morgan fingerprint density at radius 1 is 1.32 bits per heavy atom. The van der Waals surface area contributed by atoms with Gasteiger partial charge in [0.1, 0.15) is 0 Å². The van der Waals surface area contributed by atoms with E-state index in [2.05, 4.69) is 43.3 Å². The van der Waals surface area contributed by atoms with Crippen LogP contribution in [-0.4, -0.2) is 51.2 Å². The molecule has 1 aliphatic rings. The molecule has 5 heteroatoms. The van der Waals surface area contributed by atoms with Gasteiger partial charge in [0, 0.05) is 24.5 Å². The van der Waals surface area contributed by atoms with Crippen LogP contribution in [0.5, 0.6) is 0 Å². The molecule has 0 fully saturated rings. The first kappa shape index (κ1) is 14.8. The van der Waals surface area contributed by atoms with Crippen molar-refractivity contribution in [1.29, 1.82) is 0 Å². The van der Waals surface area contributed by atoms with Crippen LogP contribution >= 0.6 is 11.3 Å². The van der Waals surface area contributed by atoms with Crippen LogP contribution in [0.25, 0.3) is 0 Å². The van der Waals surface area contributed by atoms with Gasteiger partial charge in [0.25, 0.3) is 0 Å². The molecule has 108 valence electrons. The first-order chi connectivity index (χ1) is 9.11. The average Bonchev–Trinajstić information content (AvgIpc) is 2.81. The number of anilines is 1. The molecule has 0 bridgehead atoms. The quantitative estimate of drug-likeness (QED) is 0.866. The molecule has 0 aromatic carbocycles. The monoisotopic (exact) mass is 282 g/mol. The van der Waals surface area contributed by atoms with Gasteiger partial charge >= 0.3 is 0 Å². The van der Waals surface area contributed by atoms with E-state index in [9.17, 15) is 0 Å². The number of aryl methyl sites for hydroxylation is 1. The third-order valence-electron chi connectivity index (χ3n) is 3.71. The van der Waals surface area contributed by atoms with Gasteiger partial charge in [-0.2, -0.15) is 0 Å². The Labute approximate surface area is 120 Å². The zero-order chi connectivity index (χ0) is 13.8. The van der Waals surface area contributed by atoms with Gasteiger partial charge in [0.2, 0.25) is 0 Å². The molecule has 0 spiro atoms. The van der Waals surface area contributed by atoms with Crippen LogP contribution in [0.3, 0.4) is 0 Å². The number of rotatable bonds is 6. The van der Waals surface area contributed by atoms with E-state index in [4.69, 9.17) is 4.98 Å². The second kappa shape index (κ2) is 6.68. The average molecular weight is 282 g/mol. The maximum atomic E-state index is 4.84. The number of nitrogens with zero attached hydrogens (tertiary/aromatic N) is 3. The minimum Gasteiger partial charge on any atom is -0.351 e. The van der Waals surface area contributed by atoms with Crippen molar-refractivity contribution in [2.24, 2.45) is 0 Å². The SMILES string of the molecule is CNC1CCCc2nc(N(C)CCCN(C)C)sc21. The summed E-state index contributed by atoms with van der Waals surface area (Å²) in [5.41, 5.74) is 1.32. The van der Waals surface area contributed by atoms with Crippen molar-refractivity contribution in [3.05, 3.63) is 10.6 Å². The summed E-state index contributed by atoms with van der Waals surface area (Å²) in [5.74, 6) is 0. The summed E-state index contributed by atoms with van der Waals surface area (Å²) in [7, 11) is 8.47. The Balaban J connectivity index is 1.99. The molecule has 1 unspecified atom stereocenters. The molecule has 4 nitrogen and oxygen atoms in total. The highest BCUT2D eigenvalue weighted by atomic mass is 32.1. The van der Waals surface area contributed by atoms with Crippen molar-refractivity contribution in [3.63, 3.8) is 0 Å². The Bertz CT molecular complexity index is 402. The summed E-state index contributed by atoms with van der Waals surface area (Å²) < 4.78 is 0. The first-order valence-corrected chi connectivity index (χ1v) is 7.96. The molecular weight excluding hydrogens is 256 g/mol. The fourth-order valence-corrected chi connectivity index (χ4v) is 3.81. The van der Waals surface area contributed by atoms with E-state index in [1.54, 1.807) is 0 Å². The molecule has 0 radical (unpaired) electrons. The van der Waals surface area contributed by atoms with E-state index < -0.39 is 0 Å². The van der Waals surface area contributed by atoms with Gasteiger partial charge in [0.15, 0.2) is 5.13 Å². The van der Waals surface area contributed by atoms with Gasteiger partial charge in [-0.3, -0.25) is 0 Å². The van der Waals surface area contributed by atoms with Gasteiger partial charge in [-0.25, -0.2) is 4.98 Å². The van der Waals surface area contributed by atoms with Crippen LogP contribution < -0.4 is 10.2 Å². The summed E-state index contributed by atoms with van der Waals surface area (Å²) in [6, 6.07) is 0.519. The minimum atomic E-state index is 0.519. The van der Waals surface area contributed by atoms with E-state index in [1.807, 2.05) is 11.3 Å². The summed E-state index contributed by atoms with van der Waals surface area (Å²) in [5, 5.41) is 4.60. The third kappa shape index (κ3) is 3.68. The van der Waals surface area contributed by atoms with E-state index in [1.165, 1.54) is 35.0 Å². The second-order valence-corrected chi connectivity index (χ2v) is 6.63. The zero-order valence-corrected chi connectivity index (χ0v) is 13.4. The highest BCUT2D eigenvalue weighted by Crippen LogP contribution is 2.37. The predicted molar refractivity (Wildman–Crippen MR) is 83.3 cm³/mol. The highest BCUT2D eigenvalue weighted by molar-refractivity contribution is 7.15. The molecule has 1 heterocycles. The molecule has 1 aromatic heterocycles. The van der Waals surface area contributed by atoms with Crippen molar-refractivity contribution in [3.8, 4) is 0 Å². The standard InChI is InChI=1S/C14H26N4S/c1-15-11-7-5-8-12-13(11)19-14(16-12)18(4)10-6-9-17(2)3/h11,15H,5-10H2,1-4H3. The molecule has 1 aliphatic carbocycles. The molecule has 0 saturated heterocycles. The number of hydrogen-bond donors (Lipinski definition) is 1. The number of hydrogen-bond acceptors (Lipinski definition) is 5. The van der Waals surface area contributed by atoms with Gasteiger partial charge in [-0.05, 0) is 53.4 Å². The van der Waals surface area contributed by atoms with Gasteiger partial charge in [0.05, 0.1) is 5.69 Å². The molecule has 19 heavy (non-hydrogen) atoms. The van der Waals surface area contributed by atoms with Crippen LogP contribution in [0.1, 0.15) is 35.9 Å². The summed E-state index contributed by atoms with van der Waals surface area (Å²) in [6.45, 7) is 2.21. The van der Waals surface area contributed by atoms with Crippen LogP contribution in [0.2, 0.25) is 0 Å². The Morgan fingerprint density at radius 2 is 2.11 bits per heavy atom. The number of fused-ring (bicyclic) bond motifs is 1. The maximum absolute atomic E-state index is 4.84. The predicted octanol–water partition coefficient (Wildman–Crippen LogP) is 2.13. The van der Waals surface area contributed by atoms with Gasteiger partial charge in [-0.1, -0.05) is 11.3 Å². The lowest BCUT2D eigenvalue weighted by molar-refractivity contribution is 0.401. The lowest BCUT2D eigenvalue weighted by Gasteiger charge is -2.19. The van der Waals surface area contributed by atoms with Crippen LogP contribution in [0.15, 0.2) is 0 Å². The summed E-state index contributed by atoms with van der Waals surface area (Å²) in [4.78, 5) is 10.8. The van der Waals surface area contributed by atoms with Gasteiger partial charge < -0.3 is 15.1 Å². The van der Waals surface area contributed by atoms with E-state index in [0.717, 1.165) is 19.5 Å². The molecule has 0 amide bonds. The largest absolute Gasteiger partial charge is 0.351 e. The molecule has 1 aromatic rings. The number of thiazole rings is 1. The van der Waals surface area contributed by atoms with Crippen LogP contribution in [-0.2, 0) is 6.42 Å². The van der Waals surface area contributed by atoms with Crippen molar-refractivity contribution >= 4 is 16.5 Å². The molecule has 0 aliphatic heterocycles. The maximum Gasteiger partial charge on any atom is 0.185 e.